The summed E-state index contributed by atoms with van der Waals surface area (Å²) in [4.78, 5) is 11.9. The second kappa shape index (κ2) is 3.70. The lowest BCUT2D eigenvalue weighted by Crippen LogP contribution is -2.53. The summed E-state index contributed by atoms with van der Waals surface area (Å²) >= 11 is 0. The predicted molar refractivity (Wildman–Crippen MR) is 67.7 cm³/mol. The average Bonchev–Trinajstić information content (AvgIpc) is 2.69. The quantitative estimate of drug-likeness (QED) is 0.602. The minimum absolute atomic E-state index is 0.236. The van der Waals surface area contributed by atoms with Gasteiger partial charge in [0.1, 0.15) is 11.2 Å². The summed E-state index contributed by atoms with van der Waals surface area (Å²) in [6, 6.07) is 0. The van der Waals surface area contributed by atoms with E-state index in [-0.39, 0.29) is 11.9 Å². The van der Waals surface area contributed by atoms with Gasteiger partial charge in [0.25, 0.3) is 0 Å². The average molecular weight is 248 g/mol. The van der Waals surface area contributed by atoms with Crippen molar-refractivity contribution in [3.63, 3.8) is 0 Å². The molecule has 3 aliphatic rings. The normalized spacial score (nSPS) is 49.7. The fourth-order valence-electron chi connectivity index (χ4n) is 4.30. The monoisotopic (exact) mass is 248 g/mol. The number of hydrogen-bond donors (Lipinski definition) is 1. The molecule has 0 aromatic carbocycles. The van der Waals surface area contributed by atoms with Crippen molar-refractivity contribution < 1.29 is 14.6 Å². The highest BCUT2D eigenvalue weighted by molar-refractivity contribution is 5.78. The first-order valence-corrected chi connectivity index (χ1v) is 6.76. The van der Waals surface area contributed by atoms with E-state index in [2.05, 4.69) is 12.7 Å². The molecule has 2 aliphatic carbocycles. The van der Waals surface area contributed by atoms with Gasteiger partial charge in [0, 0.05) is 12.3 Å². The fourth-order valence-corrected chi connectivity index (χ4v) is 4.30. The first kappa shape index (κ1) is 12.0. The van der Waals surface area contributed by atoms with Crippen LogP contribution in [0.1, 0.15) is 32.6 Å². The van der Waals surface area contributed by atoms with Gasteiger partial charge < -0.3 is 9.84 Å². The van der Waals surface area contributed by atoms with E-state index < -0.39 is 17.1 Å². The Morgan fingerprint density at radius 1 is 1.61 bits per heavy atom. The molecule has 1 unspecified atom stereocenters. The summed E-state index contributed by atoms with van der Waals surface area (Å²) in [6.45, 7) is 5.60. The van der Waals surface area contributed by atoms with Gasteiger partial charge in [-0.3, -0.25) is 4.79 Å². The molecule has 1 heterocycles. The third kappa shape index (κ3) is 1.21. The number of ether oxygens (including phenoxy) is 1. The van der Waals surface area contributed by atoms with E-state index in [1.54, 1.807) is 6.92 Å². The number of carbonyl (C=O) groups is 1. The van der Waals surface area contributed by atoms with E-state index >= 15 is 0 Å². The molecule has 1 spiro atoms. The van der Waals surface area contributed by atoms with Crippen LogP contribution in [0.2, 0.25) is 0 Å². The van der Waals surface area contributed by atoms with E-state index in [0.29, 0.717) is 18.8 Å². The van der Waals surface area contributed by atoms with Crippen molar-refractivity contribution in [1.29, 1.82) is 0 Å². The SMILES string of the molecule is C=CC[C@@H]1C[C@]2(O)C(C)C(=O)O[C@@]23CC=CC[C@H]13. The zero-order chi connectivity index (χ0) is 13.0. The molecule has 1 aliphatic heterocycles. The molecule has 3 heteroatoms. The molecule has 0 bridgehead atoms. The minimum atomic E-state index is -0.993. The van der Waals surface area contributed by atoms with Crippen molar-refractivity contribution in [2.45, 2.75) is 43.8 Å². The van der Waals surface area contributed by atoms with Crippen LogP contribution in [-0.4, -0.2) is 22.3 Å². The summed E-state index contributed by atoms with van der Waals surface area (Å²) in [7, 11) is 0. The second-order valence-electron chi connectivity index (χ2n) is 5.96. The summed E-state index contributed by atoms with van der Waals surface area (Å²) in [5.41, 5.74) is -1.67. The number of carbonyl (C=O) groups excluding carboxylic acids is 1. The second-order valence-corrected chi connectivity index (χ2v) is 5.96. The molecule has 3 rings (SSSR count). The Balaban J connectivity index is 2.06. The zero-order valence-electron chi connectivity index (χ0n) is 10.8. The molecule has 98 valence electrons. The van der Waals surface area contributed by atoms with Crippen molar-refractivity contribution in [2.75, 3.05) is 0 Å². The van der Waals surface area contributed by atoms with Crippen molar-refractivity contribution in [1.82, 2.24) is 0 Å². The molecule has 1 N–H and O–H groups in total. The Bertz CT molecular complexity index is 427. The van der Waals surface area contributed by atoms with E-state index in [4.69, 9.17) is 4.74 Å². The van der Waals surface area contributed by atoms with Crippen LogP contribution in [0.5, 0.6) is 0 Å². The fraction of sp³-hybridized carbons (Fsp3) is 0.667. The van der Waals surface area contributed by atoms with Gasteiger partial charge in [-0.25, -0.2) is 0 Å². The lowest BCUT2D eigenvalue weighted by atomic mass is 9.71. The first-order valence-electron chi connectivity index (χ1n) is 6.76. The van der Waals surface area contributed by atoms with Crippen LogP contribution in [0.15, 0.2) is 24.8 Å². The predicted octanol–water partition coefficient (Wildman–Crippen LogP) is 2.21. The van der Waals surface area contributed by atoms with E-state index in [1.165, 1.54) is 0 Å². The van der Waals surface area contributed by atoms with Gasteiger partial charge in [0.05, 0.1) is 5.92 Å². The molecule has 0 aromatic rings. The van der Waals surface area contributed by atoms with E-state index in [0.717, 1.165) is 12.8 Å². The molecule has 0 amide bonds. The van der Waals surface area contributed by atoms with Crippen LogP contribution >= 0.6 is 0 Å². The van der Waals surface area contributed by atoms with Gasteiger partial charge in [0.2, 0.25) is 0 Å². The van der Waals surface area contributed by atoms with Crippen LogP contribution in [0.4, 0.5) is 0 Å². The highest BCUT2D eigenvalue weighted by atomic mass is 16.6. The minimum Gasteiger partial charge on any atom is -0.455 e. The summed E-state index contributed by atoms with van der Waals surface area (Å²) in [5, 5.41) is 11.0. The summed E-state index contributed by atoms with van der Waals surface area (Å²) in [5.74, 6) is -0.0523. The number of esters is 1. The maximum absolute atomic E-state index is 11.9. The van der Waals surface area contributed by atoms with Crippen molar-refractivity contribution in [3.8, 4) is 0 Å². The van der Waals surface area contributed by atoms with Gasteiger partial charge in [-0.2, -0.15) is 0 Å². The molecule has 5 atom stereocenters. The van der Waals surface area contributed by atoms with Crippen molar-refractivity contribution in [2.24, 2.45) is 17.8 Å². The standard InChI is InChI=1S/C15H20O3/c1-3-6-11-9-14(17)10(2)13(16)18-15(14)8-5-4-7-12(11)15/h3-5,10-12,17H,1,6-9H2,2H3/t10?,11-,12-,14+,15-/m1/s1. The van der Waals surface area contributed by atoms with Gasteiger partial charge >= 0.3 is 5.97 Å². The maximum atomic E-state index is 11.9. The highest BCUT2D eigenvalue weighted by Crippen LogP contribution is 2.61. The zero-order valence-corrected chi connectivity index (χ0v) is 10.8. The topological polar surface area (TPSA) is 46.5 Å². The van der Waals surface area contributed by atoms with Crippen LogP contribution < -0.4 is 0 Å². The molecule has 1 saturated heterocycles. The van der Waals surface area contributed by atoms with Crippen LogP contribution in [0.3, 0.4) is 0 Å². The van der Waals surface area contributed by atoms with Crippen molar-refractivity contribution in [3.05, 3.63) is 24.8 Å². The Kier molecular flexibility index (Phi) is 2.46. The van der Waals surface area contributed by atoms with Crippen LogP contribution in [0, 0.1) is 17.8 Å². The molecule has 0 aromatic heterocycles. The Hall–Kier alpha value is -1.09. The Labute approximate surface area is 108 Å². The van der Waals surface area contributed by atoms with Crippen LogP contribution in [-0.2, 0) is 9.53 Å². The number of hydrogen-bond acceptors (Lipinski definition) is 3. The third-order valence-corrected chi connectivity index (χ3v) is 5.27. The van der Waals surface area contributed by atoms with Crippen LogP contribution in [0.25, 0.3) is 0 Å². The molecular weight excluding hydrogens is 228 g/mol. The third-order valence-electron chi connectivity index (χ3n) is 5.27. The number of aliphatic hydroxyl groups is 1. The van der Waals surface area contributed by atoms with Gasteiger partial charge in [-0.05, 0) is 32.1 Å². The summed E-state index contributed by atoms with van der Waals surface area (Å²) < 4.78 is 5.69. The lowest BCUT2D eigenvalue weighted by Gasteiger charge is -2.40. The molecule has 0 radical (unpaired) electrons. The number of rotatable bonds is 2. The Morgan fingerprint density at radius 3 is 3.11 bits per heavy atom. The number of allylic oxidation sites excluding steroid dienone is 2. The highest BCUT2D eigenvalue weighted by Gasteiger charge is 2.72. The first-order chi connectivity index (χ1) is 8.55. The van der Waals surface area contributed by atoms with E-state index in [9.17, 15) is 9.90 Å². The molecule has 2 fully saturated rings. The van der Waals surface area contributed by atoms with Gasteiger partial charge in [0.15, 0.2) is 0 Å². The van der Waals surface area contributed by atoms with Crippen molar-refractivity contribution >= 4 is 5.97 Å². The summed E-state index contributed by atoms with van der Waals surface area (Å²) in [6.07, 6.45) is 9.18. The largest absolute Gasteiger partial charge is 0.455 e. The molecule has 3 nitrogen and oxygen atoms in total. The molecule has 1 saturated carbocycles. The van der Waals surface area contributed by atoms with Gasteiger partial charge in [-0.1, -0.05) is 18.2 Å². The Morgan fingerprint density at radius 2 is 2.39 bits per heavy atom. The van der Waals surface area contributed by atoms with Gasteiger partial charge in [-0.15, -0.1) is 6.58 Å². The molecule has 18 heavy (non-hydrogen) atoms. The smallest absolute Gasteiger partial charge is 0.312 e. The lowest BCUT2D eigenvalue weighted by molar-refractivity contribution is -0.161. The van der Waals surface area contributed by atoms with E-state index in [1.807, 2.05) is 12.2 Å². The maximum Gasteiger partial charge on any atom is 0.312 e. The molecular formula is C15H20O3.